The Labute approximate surface area is 96.2 Å². The molecule has 10 heteroatoms. The molecule has 0 aliphatic heterocycles. The van der Waals surface area contributed by atoms with Crippen molar-refractivity contribution >= 4 is 6.03 Å². The van der Waals surface area contributed by atoms with Crippen LogP contribution < -0.4 is 5.48 Å². The fraction of sp³-hybridized carbons (Fsp3) is 0.500. The van der Waals surface area contributed by atoms with Gasteiger partial charge in [-0.25, -0.2) is 0 Å². The molecule has 0 aromatic rings. The van der Waals surface area contributed by atoms with Crippen molar-refractivity contribution in [1.29, 1.82) is 0 Å². The molecule has 0 aromatic carbocycles. The summed E-state index contributed by atoms with van der Waals surface area (Å²) in [6.45, 7) is 0.472. The molecular formula is C4H12N5O4Pt-. The third kappa shape index (κ3) is 235. The number of nitrogens with zero attached hydrogens (tertiary/aromatic N) is 1. The van der Waals surface area contributed by atoms with Gasteiger partial charge >= 0.3 is 21.1 Å². The van der Waals surface area contributed by atoms with Crippen molar-refractivity contribution in [3.8, 4) is 0 Å². The van der Waals surface area contributed by atoms with E-state index >= 15 is 0 Å². The van der Waals surface area contributed by atoms with E-state index in [9.17, 15) is 0 Å². The molecule has 0 spiro atoms. The van der Waals surface area contributed by atoms with Crippen LogP contribution in [0.25, 0.3) is 17.2 Å². The van der Waals surface area contributed by atoms with Gasteiger partial charge in [-0.3, -0.25) is 4.79 Å². The number of rotatable bonds is 1. The Morgan fingerprint density at radius 3 is 1.57 bits per heavy atom. The van der Waals surface area contributed by atoms with Crippen molar-refractivity contribution in [2.24, 2.45) is 5.34 Å². The Bertz CT molecular complexity index is 104. The zero-order valence-electron chi connectivity index (χ0n) is 7.35. The van der Waals surface area contributed by atoms with Crippen molar-refractivity contribution < 1.29 is 31.1 Å². The normalized spacial score (nSPS) is 5.36. The van der Waals surface area contributed by atoms with E-state index in [0.29, 0.717) is 0 Å². The SMILES string of the molecule is O=N[O-].[CH3-].[NH-]C(=O)NO.[NH-]CC[NH-].[Pt+4]. The molecular weight excluding hydrogens is 377 g/mol. The van der Waals surface area contributed by atoms with Crippen molar-refractivity contribution in [2.45, 2.75) is 0 Å². The number of carbonyl (C=O) groups excluding carboxylic acids is 1. The van der Waals surface area contributed by atoms with Crippen molar-refractivity contribution in [3.63, 3.8) is 0 Å². The number of amides is 2. The zero-order chi connectivity index (χ0) is 10.4. The van der Waals surface area contributed by atoms with Crippen LogP contribution in [0.2, 0.25) is 0 Å². The summed E-state index contributed by atoms with van der Waals surface area (Å²) in [6, 6.07) is -1.19. The molecule has 0 heterocycles. The topological polar surface area (TPSA) is 173 Å². The average molecular weight is 389 g/mol. The third-order valence-corrected chi connectivity index (χ3v) is 0.227. The van der Waals surface area contributed by atoms with Crippen LogP contribution in [0, 0.1) is 17.5 Å². The fourth-order valence-corrected chi connectivity index (χ4v) is 0. The van der Waals surface area contributed by atoms with Gasteiger partial charge in [0.2, 0.25) is 0 Å². The van der Waals surface area contributed by atoms with Crippen LogP contribution in [0.15, 0.2) is 5.34 Å². The second-order valence-electron chi connectivity index (χ2n) is 1.02. The summed E-state index contributed by atoms with van der Waals surface area (Å²) in [7, 11) is 0. The standard InChI is InChI=1S/C2H6N2.CH4N2O2.CH3.HNO2.Pt/c3-1-2-4;2-1(4)3-5;;2-1-3;/h3-4H,1-2H2;(H4,2,3,4,5);1H3;(H,2,3);/q-2;;-1;;+4/p-2. The molecule has 14 heavy (non-hydrogen) atoms. The predicted octanol–water partition coefficient (Wildman–Crippen LogP) is 1.93. The molecule has 9 nitrogen and oxygen atoms in total. The van der Waals surface area contributed by atoms with Crippen LogP contribution in [0.4, 0.5) is 4.79 Å². The van der Waals surface area contributed by atoms with Crippen LogP contribution >= 0.6 is 0 Å². The molecule has 0 rings (SSSR count). The van der Waals surface area contributed by atoms with Crippen molar-refractivity contribution in [2.75, 3.05) is 13.1 Å². The minimum atomic E-state index is -1.19. The molecule has 0 radical (unpaired) electrons. The minimum Gasteiger partial charge on any atom is -0.679 e. The molecule has 0 aromatic heterocycles. The number of hydrogen-bond acceptors (Lipinski definition) is 5. The molecule has 0 saturated carbocycles. The van der Waals surface area contributed by atoms with E-state index in [4.69, 9.17) is 37.3 Å². The third-order valence-electron chi connectivity index (χ3n) is 0.227. The number of carbonyl (C=O) groups is 1. The van der Waals surface area contributed by atoms with Gasteiger partial charge in [-0.05, 0) is 0 Å². The molecule has 0 bridgehead atoms. The van der Waals surface area contributed by atoms with Crippen LogP contribution in [0.1, 0.15) is 0 Å². The number of nitrogens with one attached hydrogen (secondary N) is 4. The van der Waals surface area contributed by atoms with E-state index in [-0.39, 0.29) is 41.6 Å². The average Bonchev–Trinajstić information content (AvgIpc) is 2.06. The van der Waals surface area contributed by atoms with Gasteiger partial charge in [-0.15, -0.1) is 5.34 Å². The monoisotopic (exact) mass is 389 g/mol. The molecule has 88 valence electrons. The van der Waals surface area contributed by atoms with Gasteiger partial charge in [0, 0.05) is 0 Å². The van der Waals surface area contributed by atoms with E-state index in [1.54, 1.807) is 0 Å². The van der Waals surface area contributed by atoms with E-state index in [1.165, 1.54) is 0 Å². The first-order valence-electron chi connectivity index (χ1n) is 2.50. The van der Waals surface area contributed by atoms with Gasteiger partial charge in [0.1, 0.15) is 0 Å². The van der Waals surface area contributed by atoms with Crippen molar-refractivity contribution in [1.82, 2.24) is 5.48 Å². The Kier molecular flexibility index (Phi) is 82.9. The van der Waals surface area contributed by atoms with E-state index in [1.807, 2.05) is 0 Å². The largest absolute Gasteiger partial charge is 4.00 e. The van der Waals surface area contributed by atoms with Crippen LogP contribution in [-0.4, -0.2) is 24.3 Å². The summed E-state index contributed by atoms with van der Waals surface area (Å²) in [5, 5.41) is 16.4. The maximum absolute atomic E-state index is 9.12. The van der Waals surface area contributed by atoms with E-state index in [0.717, 1.165) is 10.8 Å². The summed E-state index contributed by atoms with van der Waals surface area (Å²) in [5.41, 5.74) is 19.4. The molecule has 2 amide bonds. The Morgan fingerprint density at radius 1 is 1.43 bits per heavy atom. The Morgan fingerprint density at radius 2 is 1.57 bits per heavy atom. The quantitative estimate of drug-likeness (QED) is 0.302. The van der Waals surface area contributed by atoms with Gasteiger partial charge < -0.3 is 45.4 Å². The van der Waals surface area contributed by atoms with Crippen molar-refractivity contribution in [3.05, 3.63) is 34.7 Å². The molecule has 0 unspecified atom stereocenters. The predicted molar refractivity (Wildman–Crippen MR) is 48.6 cm³/mol. The van der Waals surface area contributed by atoms with E-state index < -0.39 is 6.03 Å². The second-order valence-corrected chi connectivity index (χ2v) is 1.02. The van der Waals surface area contributed by atoms with Gasteiger partial charge in [0.25, 0.3) is 0 Å². The fourth-order valence-electron chi connectivity index (χ4n) is 0. The van der Waals surface area contributed by atoms with Crippen LogP contribution in [0.3, 0.4) is 0 Å². The van der Waals surface area contributed by atoms with Gasteiger partial charge in [0.05, 0.1) is 0 Å². The maximum Gasteiger partial charge on any atom is 4.00 e. The number of urea groups is 1. The minimum absolute atomic E-state index is 0. The van der Waals surface area contributed by atoms with E-state index in [2.05, 4.69) is 0 Å². The van der Waals surface area contributed by atoms with Crippen LogP contribution in [0.5, 0.6) is 0 Å². The summed E-state index contributed by atoms with van der Waals surface area (Å²) in [4.78, 5) is 17.1. The first kappa shape index (κ1) is 29.2. The Balaban J connectivity index is -0.0000000278. The summed E-state index contributed by atoms with van der Waals surface area (Å²) >= 11 is 0. The first-order valence-corrected chi connectivity index (χ1v) is 2.50. The zero-order valence-corrected chi connectivity index (χ0v) is 9.62. The molecule has 0 atom stereocenters. The molecule has 0 saturated heterocycles. The first-order chi connectivity index (χ1) is 5.60. The van der Waals surface area contributed by atoms with Crippen LogP contribution in [-0.2, 0) is 21.1 Å². The Hall–Kier alpha value is -0.762. The summed E-state index contributed by atoms with van der Waals surface area (Å²) < 4.78 is 0. The van der Waals surface area contributed by atoms with Gasteiger partial charge in [-0.2, -0.15) is 13.1 Å². The maximum atomic E-state index is 9.12. The molecule has 0 aliphatic rings. The number of hydroxylamine groups is 1. The molecule has 5 N–H and O–H groups in total. The second kappa shape index (κ2) is 39.7. The molecule has 0 aliphatic carbocycles. The summed E-state index contributed by atoms with van der Waals surface area (Å²) in [5.74, 6) is 0. The smallest absolute Gasteiger partial charge is 0.679 e. The molecule has 0 fully saturated rings. The number of hydrogen-bond donors (Lipinski definition) is 2. The summed E-state index contributed by atoms with van der Waals surface area (Å²) in [6.07, 6.45) is 0. The van der Waals surface area contributed by atoms with Gasteiger partial charge in [-0.1, -0.05) is 0 Å². The van der Waals surface area contributed by atoms with Gasteiger partial charge in [0.15, 0.2) is 6.03 Å².